The van der Waals surface area contributed by atoms with E-state index in [-0.39, 0.29) is 5.91 Å². The van der Waals surface area contributed by atoms with Gasteiger partial charge < -0.3 is 14.5 Å². The van der Waals surface area contributed by atoms with E-state index in [4.69, 9.17) is 4.74 Å². The van der Waals surface area contributed by atoms with E-state index in [2.05, 4.69) is 10.5 Å². The maximum Gasteiger partial charge on any atom is 0.271 e. The highest BCUT2D eigenvalue weighted by molar-refractivity contribution is 5.95. The normalized spacial score (nSPS) is 11.0. The summed E-state index contributed by atoms with van der Waals surface area (Å²) in [4.78, 5) is 16.2. The van der Waals surface area contributed by atoms with Gasteiger partial charge in [-0.25, -0.2) is 5.43 Å². The van der Waals surface area contributed by atoms with Crippen LogP contribution in [0.1, 0.15) is 15.9 Å². The van der Waals surface area contributed by atoms with Crippen LogP contribution in [0, 0.1) is 0 Å². The van der Waals surface area contributed by atoms with Crippen LogP contribution in [0.5, 0.6) is 5.75 Å². The number of nitrogens with one attached hydrogen (secondary N) is 1. The largest absolute Gasteiger partial charge is 0.492 e. The fourth-order valence-corrected chi connectivity index (χ4v) is 2.14. The third-order valence-electron chi connectivity index (χ3n) is 3.71. The predicted molar refractivity (Wildman–Crippen MR) is 106 cm³/mol. The molecule has 0 spiro atoms. The van der Waals surface area contributed by atoms with Crippen molar-refractivity contribution in [3.63, 3.8) is 0 Å². The minimum atomic E-state index is -0.258. The SMILES string of the molecule is CN(C)CCOc1ccc(C(=O)N/N=C/c2ccc(N(C)C)cc2)cc1. The molecular weight excluding hydrogens is 328 g/mol. The first-order valence-corrected chi connectivity index (χ1v) is 8.44. The highest BCUT2D eigenvalue weighted by atomic mass is 16.5. The Balaban J connectivity index is 1.85. The molecule has 0 aliphatic heterocycles. The summed E-state index contributed by atoms with van der Waals surface area (Å²) in [5.74, 6) is 0.485. The Labute approximate surface area is 155 Å². The Hall–Kier alpha value is -2.86. The standard InChI is InChI=1S/C20H26N4O2/c1-23(2)13-14-26-19-11-7-17(8-12-19)20(25)22-21-15-16-5-9-18(10-6-16)24(3)4/h5-12,15H,13-14H2,1-4H3,(H,22,25)/b21-15+. The Morgan fingerprint density at radius 1 is 1.04 bits per heavy atom. The maximum absolute atomic E-state index is 12.1. The molecule has 0 bridgehead atoms. The van der Waals surface area contributed by atoms with Gasteiger partial charge in [0.25, 0.3) is 5.91 Å². The molecule has 6 nitrogen and oxygen atoms in total. The number of hydrazone groups is 1. The number of nitrogens with zero attached hydrogens (tertiary/aromatic N) is 3. The van der Waals surface area contributed by atoms with Crippen LogP contribution in [0.15, 0.2) is 53.6 Å². The second kappa shape index (κ2) is 9.58. The molecule has 0 aromatic heterocycles. The summed E-state index contributed by atoms with van der Waals surface area (Å²) < 4.78 is 5.61. The third kappa shape index (κ3) is 6.22. The quantitative estimate of drug-likeness (QED) is 0.584. The lowest BCUT2D eigenvalue weighted by Crippen LogP contribution is -2.19. The van der Waals surface area contributed by atoms with Crippen LogP contribution in [0.2, 0.25) is 0 Å². The van der Waals surface area contributed by atoms with Crippen molar-refractivity contribution in [3.05, 3.63) is 59.7 Å². The third-order valence-corrected chi connectivity index (χ3v) is 3.71. The molecule has 0 aliphatic carbocycles. The van der Waals surface area contributed by atoms with Crippen molar-refractivity contribution in [2.75, 3.05) is 46.2 Å². The fraction of sp³-hybridized carbons (Fsp3) is 0.300. The van der Waals surface area contributed by atoms with Crippen LogP contribution in [-0.2, 0) is 0 Å². The van der Waals surface area contributed by atoms with E-state index < -0.39 is 0 Å². The van der Waals surface area contributed by atoms with Crippen molar-refractivity contribution in [3.8, 4) is 5.75 Å². The lowest BCUT2D eigenvalue weighted by Gasteiger charge is -2.11. The smallest absolute Gasteiger partial charge is 0.271 e. The number of amides is 1. The zero-order chi connectivity index (χ0) is 18.9. The van der Waals surface area contributed by atoms with Gasteiger partial charge in [0.1, 0.15) is 12.4 Å². The van der Waals surface area contributed by atoms with Crippen molar-refractivity contribution in [2.45, 2.75) is 0 Å². The van der Waals surface area contributed by atoms with E-state index in [1.54, 1.807) is 30.5 Å². The van der Waals surface area contributed by atoms with Gasteiger partial charge in [-0.3, -0.25) is 4.79 Å². The summed E-state index contributed by atoms with van der Waals surface area (Å²) in [5, 5.41) is 4.01. The molecule has 0 radical (unpaired) electrons. The molecule has 1 amide bonds. The number of ether oxygens (including phenoxy) is 1. The zero-order valence-corrected chi connectivity index (χ0v) is 15.8. The average Bonchev–Trinajstić information content (AvgIpc) is 2.62. The maximum atomic E-state index is 12.1. The molecular formula is C20H26N4O2. The average molecular weight is 354 g/mol. The highest BCUT2D eigenvalue weighted by Crippen LogP contribution is 2.12. The monoisotopic (exact) mass is 354 g/mol. The van der Waals surface area contributed by atoms with E-state index in [1.807, 2.05) is 62.3 Å². The van der Waals surface area contributed by atoms with E-state index in [0.29, 0.717) is 12.2 Å². The van der Waals surface area contributed by atoms with Crippen LogP contribution in [-0.4, -0.2) is 58.4 Å². The minimum Gasteiger partial charge on any atom is -0.492 e. The molecule has 2 aromatic carbocycles. The summed E-state index contributed by atoms with van der Waals surface area (Å²) in [6.07, 6.45) is 1.62. The topological polar surface area (TPSA) is 57.2 Å². The number of hydrogen-bond donors (Lipinski definition) is 1. The van der Waals surface area contributed by atoms with Crippen molar-refractivity contribution < 1.29 is 9.53 Å². The van der Waals surface area contributed by atoms with Gasteiger partial charge in [-0.1, -0.05) is 12.1 Å². The summed E-state index contributed by atoms with van der Waals surface area (Å²) in [6, 6.07) is 14.9. The minimum absolute atomic E-state index is 0.258. The van der Waals surface area contributed by atoms with E-state index in [1.165, 1.54) is 0 Å². The first-order chi connectivity index (χ1) is 12.5. The molecule has 0 fully saturated rings. The first-order valence-electron chi connectivity index (χ1n) is 8.44. The number of carbonyl (C=O) groups excluding carboxylic acids is 1. The molecule has 0 saturated heterocycles. The van der Waals surface area contributed by atoms with E-state index in [9.17, 15) is 4.79 Å². The van der Waals surface area contributed by atoms with E-state index in [0.717, 1.165) is 23.5 Å². The van der Waals surface area contributed by atoms with Gasteiger partial charge in [0.15, 0.2) is 0 Å². The molecule has 0 unspecified atom stereocenters. The summed E-state index contributed by atoms with van der Waals surface area (Å²) >= 11 is 0. The first kappa shape index (κ1) is 19.5. The van der Waals surface area contributed by atoms with Crippen molar-refractivity contribution >= 4 is 17.8 Å². The van der Waals surface area contributed by atoms with Crippen molar-refractivity contribution in [2.24, 2.45) is 5.10 Å². The Morgan fingerprint density at radius 3 is 2.27 bits per heavy atom. The predicted octanol–water partition coefficient (Wildman–Crippen LogP) is 2.46. The summed E-state index contributed by atoms with van der Waals surface area (Å²) in [7, 11) is 7.96. The van der Waals surface area contributed by atoms with Gasteiger partial charge in [-0.15, -0.1) is 0 Å². The number of benzene rings is 2. The van der Waals surface area contributed by atoms with Crippen LogP contribution >= 0.6 is 0 Å². The molecule has 6 heteroatoms. The molecule has 138 valence electrons. The Bertz CT molecular complexity index is 722. The number of likely N-dealkylation sites (N-methyl/N-ethyl adjacent to an activating group) is 1. The molecule has 0 atom stereocenters. The van der Waals surface area contributed by atoms with E-state index >= 15 is 0 Å². The Morgan fingerprint density at radius 2 is 1.69 bits per heavy atom. The second-order valence-corrected chi connectivity index (χ2v) is 6.36. The number of anilines is 1. The number of hydrogen-bond acceptors (Lipinski definition) is 5. The highest BCUT2D eigenvalue weighted by Gasteiger charge is 2.04. The van der Waals surface area contributed by atoms with Crippen molar-refractivity contribution in [1.82, 2.24) is 10.3 Å². The lowest BCUT2D eigenvalue weighted by molar-refractivity contribution is 0.0955. The van der Waals surface area contributed by atoms with Gasteiger partial charge in [-0.05, 0) is 56.1 Å². The molecule has 0 heterocycles. The fourth-order valence-electron chi connectivity index (χ4n) is 2.14. The van der Waals surface area contributed by atoms with Crippen LogP contribution in [0.3, 0.4) is 0 Å². The number of carbonyl (C=O) groups is 1. The summed E-state index contributed by atoms with van der Waals surface area (Å²) in [5.41, 5.74) is 5.09. The summed E-state index contributed by atoms with van der Waals surface area (Å²) in [6.45, 7) is 1.45. The van der Waals surface area contributed by atoms with Gasteiger partial charge >= 0.3 is 0 Å². The molecule has 1 N–H and O–H groups in total. The van der Waals surface area contributed by atoms with Crippen LogP contribution < -0.4 is 15.1 Å². The molecule has 0 saturated carbocycles. The van der Waals surface area contributed by atoms with Crippen LogP contribution in [0.4, 0.5) is 5.69 Å². The molecule has 0 aliphatic rings. The molecule has 2 rings (SSSR count). The van der Waals surface area contributed by atoms with Gasteiger partial charge in [0, 0.05) is 31.9 Å². The van der Waals surface area contributed by atoms with Gasteiger partial charge in [0.2, 0.25) is 0 Å². The number of rotatable bonds is 8. The molecule has 26 heavy (non-hydrogen) atoms. The zero-order valence-electron chi connectivity index (χ0n) is 15.8. The van der Waals surface area contributed by atoms with Gasteiger partial charge in [0.05, 0.1) is 6.21 Å². The van der Waals surface area contributed by atoms with Crippen LogP contribution in [0.25, 0.3) is 0 Å². The van der Waals surface area contributed by atoms with Crippen molar-refractivity contribution in [1.29, 1.82) is 0 Å². The van der Waals surface area contributed by atoms with Gasteiger partial charge in [-0.2, -0.15) is 5.10 Å². The second-order valence-electron chi connectivity index (χ2n) is 6.36. The molecule has 2 aromatic rings. The lowest BCUT2D eigenvalue weighted by atomic mass is 10.2. The Kier molecular flexibility index (Phi) is 7.17.